The lowest BCUT2D eigenvalue weighted by Crippen LogP contribution is -2.46. The van der Waals surface area contributed by atoms with E-state index in [4.69, 9.17) is 0 Å². The van der Waals surface area contributed by atoms with Crippen molar-refractivity contribution in [3.05, 3.63) is 53.3 Å². The molecule has 1 aliphatic rings. The summed E-state index contributed by atoms with van der Waals surface area (Å²) < 4.78 is 0. The Balaban J connectivity index is 1.50. The number of likely N-dealkylation sites (tertiary alicyclic amines) is 1. The van der Waals surface area contributed by atoms with Crippen LogP contribution in [-0.4, -0.2) is 40.0 Å². The summed E-state index contributed by atoms with van der Waals surface area (Å²) in [6, 6.07) is 12.1. The van der Waals surface area contributed by atoms with Crippen molar-refractivity contribution in [2.24, 2.45) is 5.92 Å². The van der Waals surface area contributed by atoms with E-state index < -0.39 is 0 Å². The Morgan fingerprint density at radius 3 is 2.71 bits per heavy atom. The highest BCUT2D eigenvalue weighted by Crippen LogP contribution is 2.21. The van der Waals surface area contributed by atoms with Crippen LogP contribution >= 0.6 is 0 Å². The summed E-state index contributed by atoms with van der Waals surface area (Å²) in [5.74, 6) is -0.00836. The highest BCUT2D eigenvalue weighted by molar-refractivity contribution is 5.83. The first-order chi connectivity index (χ1) is 13.3. The van der Waals surface area contributed by atoms with E-state index in [0.717, 1.165) is 17.8 Å². The van der Waals surface area contributed by atoms with Crippen LogP contribution in [0.3, 0.4) is 0 Å². The molecule has 0 aliphatic carbocycles. The summed E-state index contributed by atoms with van der Waals surface area (Å²) in [5, 5.41) is 10.3. The molecule has 1 aliphatic heterocycles. The smallest absolute Gasteiger partial charge is 0.225 e. The highest BCUT2D eigenvalue weighted by Gasteiger charge is 2.30. The number of carbonyl (C=O) groups is 2. The second kappa shape index (κ2) is 8.59. The molecule has 1 saturated heterocycles. The van der Waals surface area contributed by atoms with Crippen molar-refractivity contribution in [2.75, 3.05) is 13.1 Å². The molecule has 2 aromatic rings. The van der Waals surface area contributed by atoms with E-state index in [9.17, 15) is 9.59 Å². The van der Waals surface area contributed by atoms with Gasteiger partial charge in [0.1, 0.15) is 0 Å². The van der Waals surface area contributed by atoms with Gasteiger partial charge in [0, 0.05) is 24.9 Å². The SMILES string of the molecule is CC(C)(C)c1cc(CNC(=O)C2CCC(=O)N(CCc3ccccc3)C2)[nH]n1. The molecular formula is C22H30N4O2. The highest BCUT2D eigenvalue weighted by atomic mass is 16.2. The van der Waals surface area contributed by atoms with Crippen molar-refractivity contribution in [2.45, 2.75) is 52.0 Å². The number of hydrogen-bond acceptors (Lipinski definition) is 3. The fourth-order valence-electron chi connectivity index (χ4n) is 3.42. The van der Waals surface area contributed by atoms with E-state index >= 15 is 0 Å². The molecule has 2 amide bonds. The molecule has 2 N–H and O–H groups in total. The van der Waals surface area contributed by atoms with Crippen LogP contribution in [0.25, 0.3) is 0 Å². The average Bonchev–Trinajstić information content (AvgIpc) is 3.16. The van der Waals surface area contributed by atoms with Gasteiger partial charge in [0.15, 0.2) is 0 Å². The first-order valence-corrected chi connectivity index (χ1v) is 9.97. The average molecular weight is 383 g/mol. The quantitative estimate of drug-likeness (QED) is 0.806. The van der Waals surface area contributed by atoms with Gasteiger partial charge in [-0.05, 0) is 24.5 Å². The molecule has 6 heteroatoms. The maximum absolute atomic E-state index is 12.6. The van der Waals surface area contributed by atoms with Gasteiger partial charge in [-0.15, -0.1) is 0 Å². The molecule has 1 fully saturated rings. The van der Waals surface area contributed by atoms with Crippen LogP contribution in [0, 0.1) is 5.92 Å². The van der Waals surface area contributed by atoms with Crippen LogP contribution < -0.4 is 5.32 Å². The molecular weight excluding hydrogens is 352 g/mol. The van der Waals surface area contributed by atoms with Gasteiger partial charge in [0.2, 0.25) is 11.8 Å². The molecule has 0 bridgehead atoms. The third-order valence-corrected chi connectivity index (χ3v) is 5.24. The number of hydrogen-bond donors (Lipinski definition) is 2. The van der Waals surface area contributed by atoms with Crippen molar-refractivity contribution in [3.8, 4) is 0 Å². The standard InChI is InChI=1S/C22H30N4O2/c1-22(2,3)19-13-18(24-25-19)14-23-21(28)17-9-10-20(27)26(15-17)12-11-16-7-5-4-6-8-16/h4-8,13,17H,9-12,14-15H2,1-3H3,(H,23,28)(H,24,25). The normalized spacial score (nSPS) is 17.6. The summed E-state index contributed by atoms with van der Waals surface area (Å²) in [7, 11) is 0. The minimum Gasteiger partial charge on any atom is -0.350 e. The Morgan fingerprint density at radius 2 is 2.04 bits per heavy atom. The lowest BCUT2D eigenvalue weighted by atomic mass is 9.92. The van der Waals surface area contributed by atoms with Crippen LogP contribution in [0.2, 0.25) is 0 Å². The third-order valence-electron chi connectivity index (χ3n) is 5.24. The first-order valence-electron chi connectivity index (χ1n) is 9.97. The van der Waals surface area contributed by atoms with E-state index in [-0.39, 0.29) is 23.1 Å². The zero-order chi connectivity index (χ0) is 20.1. The van der Waals surface area contributed by atoms with Crippen molar-refractivity contribution >= 4 is 11.8 Å². The number of aromatic amines is 1. The largest absolute Gasteiger partial charge is 0.350 e. The Hall–Kier alpha value is -2.63. The molecule has 1 atom stereocenters. The first kappa shape index (κ1) is 20.1. The molecule has 3 rings (SSSR count). The van der Waals surface area contributed by atoms with Gasteiger partial charge in [-0.3, -0.25) is 14.7 Å². The van der Waals surface area contributed by atoms with E-state index in [1.807, 2.05) is 29.2 Å². The predicted molar refractivity (Wildman–Crippen MR) is 109 cm³/mol. The topological polar surface area (TPSA) is 78.1 Å². The summed E-state index contributed by atoms with van der Waals surface area (Å²) in [6.07, 6.45) is 1.86. The Bertz CT molecular complexity index is 807. The van der Waals surface area contributed by atoms with Gasteiger partial charge in [0.05, 0.1) is 23.9 Å². The van der Waals surface area contributed by atoms with Crippen molar-refractivity contribution in [3.63, 3.8) is 0 Å². The van der Waals surface area contributed by atoms with Crippen LogP contribution in [0.15, 0.2) is 36.4 Å². The number of H-pyrrole nitrogens is 1. The molecule has 0 spiro atoms. The van der Waals surface area contributed by atoms with Gasteiger partial charge in [-0.1, -0.05) is 51.1 Å². The third kappa shape index (κ3) is 5.21. The maximum Gasteiger partial charge on any atom is 0.225 e. The Morgan fingerprint density at radius 1 is 1.29 bits per heavy atom. The molecule has 0 saturated carbocycles. The molecule has 0 radical (unpaired) electrons. The fraction of sp³-hybridized carbons (Fsp3) is 0.500. The number of nitrogens with zero attached hydrogens (tertiary/aromatic N) is 2. The second-order valence-electron chi connectivity index (χ2n) is 8.56. The van der Waals surface area contributed by atoms with E-state index in [1.165, 1.54) is 5.56 Å². The van der Waals surface area contributed by atoms with Gasteiger partial charge >= 0.3 is 0 Å². The van der Waals surface area contributed by atoms with E-state index in [0.29, 0.717) is 32.5 Å². The van der Waals surface area contributed by atoms with Crippen LogP contribution in [0.1, 0.15) is 50.6 Å². The summed E-state index contributed by atoms with van der Waals surface area (Å²) in [5.41, 5.74) is 3.05. The molecule has 2 heterocycles. The van der Waals surface area contributed by atoms with Crippen LogP contribution in [0.4, 0.5) is 0 Å². The van der Waals surface area contributed by atoms with Crippen molar-refractivity contribution < 1.29 is 9.59 Å². The molecule has 28 heavy (non-hydrogen) atoms. The van der Waals surface area contributed by atoms with Gasteiger partial charge in [-0.2, -0.15) is 5.10 Å². The lowest BCUT2D eigenvalue weighted by Gasteiger charge is -2.32. The number of carbonyl (C=O) groups excluding carboxylic acids is 2. The Labute approximate surface area is 166 Å². The number of piperidine rings is 1. The zero-order valence-corrected chi connectivity index (χ0v) is 17.0. The monoisotopic (exact) mass is 382 g/mol. The molecule has 1 unspecified atom stereocenters. The number of rotatable bonds is 6. The van der Waals surface area contributed by atoms with Crippen molar-refractivity contribution in [1.29, 1.82) is 0 Å². The number of aromatic nitrogens is 2. The maximum atomic E-state index is 12.6. The minimum absolute atomic E-state index is 0.00381. The van der Waals surface area contributed by atoms with Gasteiger partial charge in [0.25, 0.3) is 0 Å². The summed E-state index contributed by atoms with van der Waals surface area (Å²) in [4.78, 5) is 26.7. The van der Waals surface area contributed by atoms with Crippen LogP contribution in [-0.2, 0) is 28.0 Å². The van der Waals surface area contributed by atoms with Gasteiger partial charge < -0.3 is 10.2 Å². The summed E-state index contributed by atoms with van der Waals surface area (Å²) >= 11 is 0. The predicted octanol–water partition coefficient (Wildman–Crippen LogP) is 2.80. The summed E-state index contributed by atoms with van der Waals surface area (Å²) in [6.45, 7) is 7.89. The van der Waals surface area contributed by atoms with Crippen molar-refractivity contribution in [1.82, 2.24) is 20.4 Å². The van der Waals surface area contributed by atoms with E-state index in [2.05, 4.69) is 48.4 Å². The number of amides is 2. The Kier molecular flexibility index (Phi) is 6.17. The second-order valence-corrected chi connectivity index (χ2v) is 8.56. The van der Waals surface area contributed by atoms with Gasteiger partial charge in [-0.25, -0.2) is 0 Å². The fourth-order valence-corrected chi connectivity index (χ4v) is 3.42. The van der Waals surface area contributed by atoms with E-state index in [1.54, 1.807) is 0 Å². The number of benzene rings is 1. The minimum atomic E-state index is -0.154. The molecule has 150 valence electrons. The molecule has 1 aromatic heterocycles. The lowest BCUT2D eigenvalue weighted by molar-refractivity contribution is -0.138. The van der Waals surface area contributed by atoms with Crippen LogP contribution in [0.5, 0.6) is 0 Å². The molecule has 1 aromatic carbocycles. The zero-order valence-electron chi connectivity index (χ0n) is 17.0. The molecule has 6 nitrogen and oxygen atoms in total. The number of nitrogens with one attached hydrogen (secondary N) is 2.